The molecule has 1 aromatic carbocycles. The van der Waals surface area contributed by atoms with Gasteiger partial charge in [-0.15, -0.1) is 0 Å². The first-order chi connectivity index (χ1) is 8.11. The van der Waals surface area contributed by atoms with Crippen molar-refractivity contribution in [2.24, 2.45) is 0 Å². The number of hydrogen-bond acceptors (Lipinski definition) is 3. The van der Waals surface area contributed by atoms with Crippen molar-refractivity contribution in [2.45, 2.75) is 39.3 Å². The molecule has 1 atom stereocenters. The fourth-order valence-corrected chi connectivity index (χ4v) is 3.38. The maximum Gasteiger partial charge on any atom is 0.214 e. The first-order valence-electron chi connectivity index (χ1n) is 5.86. The van der Waals surface area contributed by atoms with Crippen LogP contribution in [0, 0.1) is 6.92 Å². The molecule has 0 aliphatic rings. The lowest BCUT2D eigenvalue weighted by Gasteiger charge is -2.22. The van der Waals surface area contributed by atoms with Crippen LogP contribution in [0.4, 0.5) is 0 Å². The van der Waals surface area contributed by atoms with Crippen LogP contribution < -0.4 is 4.72 Å². The number of nitrogens with one attached hydrogen (secondary N) is 1. The van der Waals surface area contributed by atoms with Crippen LogP contribution in [0.1, 0.15) is 38.0 Å². The normalized spacial score (nSPS) is 14.5. The zero-order valence-electron chi connectivity index (χ0n) is 11.3. The van der Waals surface area contributed by atoms with E-state index in [1.807, 2.05) is 19.1 Å². The van der Waals surface area contributed by atoms with E-state index in [1.165, 1.54) is 0 Å². The van der Waals surface area contributed by atoms with E-state index in [0.717, 1.165) is 5.56 Å². The molecule has 4 nitrogen and oxygen atoms in total. The molecule has 18 heavy (non-hydrogen) atoms. The van der Waals surface area contributed by atoms with Crippen molar-refractivity contribution in [3.63, 3.8) is 0 Å². The zero-order chi connectivity index (χ0) is 14.0. The second kappa shape index (κ2) is 5.38. The van der Waals surface area contributed by atoms with Crippen molar-refractivity contribution < 1.29 is 13.5 Å². The highest BCUT2D eigenvalue weighted by atomic mass is 32.2. The summed E-state index contributed by atoms with van der Waals surface area (Å²) in [7, 11) is -3.50. The molecule has 102 valence electrons. The minimum atomic E-state index is -3.50. The van der Waals surface area contributed by atoms with Gasteiger partial charge in [0.05, 0.1) is 11.9 Å². The molecule has 5 heteroatoms. The summed E-state index contributed by atoms with van der Waals surface area (Å²) in [6, 6.07) is 7.23. The Morgan fingerprint density at radius 3 is 2.33 bits per heavy atom. The Balaban J connectivity index is 2.83. The third kappa shape index (κ3) is 4.76. The minimum absolute atomic E-state index is 0.324. The second-order valence-electron chi connectivity index (χ2n) is 5.51. The van der Waals surface area contributed by atoms with Gasteiger partial charge in [0.2, 0.25) is 10.0 Å². The van der Waals surface area contributed by atoms with Crippen LogP contribution in [0.3, 0.4) is 0 Å². The molecule has 0 unspecified atom stereocenters. The van der Waals surface area contributed by atoms with Crippen molar-refractivity contribution in [1.29, 1.82) is 0 Å². The smallest absolute Gasteiger partial charge is 0.214 e. The fourth-order valence-electron chi connectivity index (χ4n) is 1.77. The highest BCUT2D eigenvalue weighted by molar-refractivity contribution is 7.89. The average Bonchev–Trinajstić information content (AvgIpc) is 2.12. The largest absolute Gasteiger partial charge is 0.387 e. The maximum atomic E-state index is 11.9. The monoisotopic (exact) mass is 271 g/mol. The minimum Gasteiger partial charge on any atom is -0.387 e. The van der Waals surface area contributed by atoms with Crippen LogP contribution in [-0.2, 0) is 10.0 Å². The molecule has 0 aliphatic carbocycles. The molecule has 0 spiro atoms. The first-order valence-corrected chi connectivity index (χ1v) is 7.51. The van der Waals surface area contributed by atoms with Crippen LogP contribution >= 0.6 is 0 Å². The summed E-state index contributed by atoms with van der Waals surface area (Å²) in [6.07, 6.45) is -1.01. The zero-order valence-corrected chi connectivity index (χ0v) is 12.1. The van der Waals surface area contributed by atoms with Gasteiger partial charge in [0, 0.05) is 5.54 Å². The summed E-state index contributed by atoms with van der Waals surface area (Å²) in [6.45, 7) is 7.16. The van der Waals surface area contributed by atoms with E-state index in [4.69, 9.17) is 0 Å². The van der Waals surface area contributed by atoms with Gasteiger partial charge in [-0.1, -0.05) is 24.3 Å². The molecule has 1 aromatic rings. The molecule has 0 saturated carbocycles. The van der Waals surface area contributed by atoms with E-state index in [-0.39, 0.29) is 5.75 Å². The fraction of sp³-hybridized carbons (Fsp3) is 0.538. The molecule has 0 bridgehead atoms. The third-order valence-corrected chi connectivity index (χ3v) is 4.06. The third-order valence-electron chi connectivity index (χ3n) is 2.39. The Morgan fingerprint density at radius 1 is 1.28 bits per heavy atom. The number of aryl methyl sites for hydroxylation is 1. The van der Waals surface area contributed by atoms with E-state index < -0.39 is 21.7 Å². The average molecular weight is 271 g/mol. The molecule has 0 aliphatic heterocycles. The van der Waals surface area contributed by atoms with Crippen LogP contribution in [0.2, 0.25) is 0 Å². The van der Waals surface area contributed by atoms with Gasteiger partial charge in [-0.25, -0.2) is 13.1 Å². The van der Waals surface area contributed by atoms with Crippen molar-refractivity contribution in [3.05, 3.63) is 35.4 Å². The van der Waals surface area contributed by atoms with Crippen LogP contribution in [0.25, 0.3) is 0 Å². The molecule has 0 radical (unpaired) electrons. The van der Waals surface area contributed by atoms with Crippen molar-refractivity contribution >= 4 is 10.0 Å². The van der Waals surface area contributed by atoms with Gasteiger partial charge in [0.25, 0.3) is 0 Å². The highest BCUT2D eigenvalue weighted by Gasteiger charge is 2.24. The summed E-state index contributed by atoms with van der Waals surface area (Å²) in [4.78, 5) is 0. The number of sulfonamides is 1. The summed E-state index contributed by atoms with van der Waals surface area (Å²) >= 11 is 0. The van der Waals surface area contributed by atoms with Crippen LogP contribution in [0.15, 0.2) is 24.3 Å². The van der Waals surface area contributed by atoms with E-state index in [9.17, 15) is 13.5 Å². The molecule has 0 fully saturated rings. The lowest BCUT2D eigenvalue weighted by Crippen LogP contribution is -2.42. The highest BCUT2D eigenvalue weighted by Crippen LogP contribution is 2.19. The first kappa shape index (κ1) is 15.1. The number of hydrogen-bond donors (Lipinski definition) is 2. The summed E-state index contributed by atoms with van der Waals surface area (Å²) in [5, 5.41) is 10.0. The summed E-state index contributed by atoms with van der Waals surface area (Å²) in [5.41, 5.74) is 0.998. The molecular formula is C13H21NO3S. The van der Waals surface area contributed by atoms with Crippen molar-refractivity contribution in [3.8, 4) is 0 Å². The van der Waals surface area contributed by atoms with Gasteiger partial charge in [-0.05, 0) is 38.8 Å². The van der Waals surface area contributed by atoms with Gasteiger partial charge in [0.1, 0.15) is 0 Å². The van der Waals surface area contributed by atoms with Gasteiger partial charge in [-0.2, -0.15) is 0 Å². The lowest BCUT2D eigenvalue weighted by atomic mass is 10.1. The molecule has 1 rings (SSSR count). The second-order valence-corrected chi connectivity index (χ2v) is 7.27. The maximum absolute atomic E-state index is 11.9. The van der Waals surface area contributed by atoms with Crippen LogP contribution in [0.5, 0.6) is 0 Å². The Morgan fingerprint density at radius 2 is 1.83 bits per heavy atom. The topological polar surface area (TPSA) is 66.4 Å². The van der Waals surface area contributed by atoms with Crippen molar-refractivity contribution in [2.75, 3.05) is 5.75 Å². The Bertz CT molecular complexity index is 503. The number of aliphatic hydroxyl groups is 1. The van der Waals surface area contributed by atoms with Gasteiger partial charge < -0.3 is 5.11 Å². The predicted octanol–water partition coefficient (Wildman–Crippen LogP) is 1.75. The number of aliphatic hydroxyl groups excluding tert-OH is 1. The van der Waals surface area contributed by atoms with Gasteiger partial charge in [0.15, 0.2) is 0 Å². The van der Waals surface area contributed by atoms with E-state index in [2.05, 4.69) is 4.72 Å². The number of benzene rings is 1. The van der Waals surface area contributed by atoms with Crippen molar-refractivity contribution in [1.82, 2.24) is 4.72 Å². The molecule has 2 N–H and O–H groups in total. The lowest BCUT2D eigenvalue weighted by molar-refractivity contribution is 0.200. The molecular weight excluding hydrogens is 250 g/mol. The van der Waals surface area contributed by atoms with E-state index in [0.29, 0.717) is 5.56 Å². The predicted molar refractivity (Wildman–Crippen MR) is 72.8 cm³/mol. The summed E-state index contributed by atoms with van der Waals surface area (Å²) < 4.78 is 26.3. The van der Waals surface area contributed by atoms with Gasteiger partial charge in [-0.3, -0.25) is 0 Å². The quantitative estimate of drug-likeness (QED) is 0.876. The standard InChI is InChI=1S/C13H21NO3S/c1-10-7-5-6-8-11(10)12(15)9-18(16,17)14-13(2,3)4/h5-8,12,14-15H,9H2,1-4H3/t12-/m1/s1. The molecule has 0 heterocycles. The SMILES string of the molecule is Cc1ccccc1[C@H](O)CS(=O)(=O)NC(C)(C)C. The molecule has 0 aromatic heterocycles. The Labute approximate surface area is 109 Å². The van der Waals surface area contributed by atoms with Crippen LogP contribution in [-0.4, -0.2) is 24.8 Å². The molecule has 0 saturated heterocycles. The Hall–Kier alpha value is -0.910. The molecule has 0 amide bonds. The van der Waals surface area contributed by atoms with E-state index >= 15 is 0 Å². The Kier molecular flexibility index (Phi) is 4.53. The van der Waals surface area contributed by atoms with Gasteiger partial charge >= 0.3 is 0 Å². The summed E-state index contributed by atoms with van der Waals surface area (Å²) in [5.74, 6) is -0.324. The number of rotatable bonds is 4. The van der Waals surface area contributed by atoms with E-state index in [1.54, 1.807) is 32.9 Å².